The van der Waals surface area contributed by atoms with E-state index in [1.165, 1.54) is 19.3 Å². The van der Waals surface area contributed by atoms with Crippen molar-refractivity contribution in [3.8, 4) is 0 Å². The van der Waals surface area contributed by atoms with Crippen LogP contribution in [-0.2, 0) is 0 Å². The van der Waals surface area contributed by atoms with E-state index in [9.17, 15) is 4.79 Å². The third-order valence-electron chi connectivity index (χ3n) is 2.86. The largest absolute Gasteiger partial charge is 0.349 e. The fourth-order valence-corrected chi connectivity index (χ4v) is 1.69. The lowest BCUT2D eigenvalue weighted by Gasteiger charge is -2.24. The third kappa shape index (κ3) is 2.55. The van der Waals surface area contributed by atoms with Gasteiger partial charge < -0.3 is 5.32 Å². The predicted molar refractivity (Wildman–Crippen MR) is 55.4 cm³/mol. The number of aryl methyl sites for hydroxylation is 1. The molecule has 0 aliphatic heterocycles. The Labute approximate surface area is 88.7 Å². The van der Waals surface area contributed by atoms with E-state index in [-0.39, 0.29) is 11.7 Å². The van der Waals surface area contributed by atoms with Crippen LogP contribution in [0.2, 0.25) is 0 Å². The average Bonchev–Trinajstić information content (AvgIpc) is 2.56. The summed E-state index contributed by atoms with van der Waals surface area (Å²) in [5.41, 5.74) is 0. The molecular weight excluding hydrogens is 192 g/mol. The van der Waals surface area contributed by atoms with E-state index in [2.05, 4.69) is 20.5 Å². The summed E-state index contributed by atoms with van der Waals surface area (Å²) < 4.78 is 0. The topological polar surface area (TPSA) is 70.7 Å². The highest BCUT2D eigenvalue weighted by Crippen LogP contribution is 2.28. The van der Waals surface area contributed by atoms with Crippen LogP contribution in [0.3, 0.4) is 0 Å². The summed E-state index contributed by atoms with van der Waals surface area (Å²) in [6.07, 6.45) is 5.05. The number of carbonyl (C=O) groups is 1. The molecular formula is C10H16N4O. The van der Waals surface area contributed by atoms with Gasteiger partial charge in [-0.2, -0.15) is 0 Å². The maximum Gasteiger partial charge on any atom is 0.290 e. The zero-order valence-corrected chi connectivity index (χ0v) is 8.92. The van der Waals surface area contributed by atoms with Gasteiger partial charge in [-0.25, -0.2) is 4.98 Å². The van der Waals surface area contributed by atoms with Crippen LogP contribution >= 0.6 is 0 Å². The summed E-state index contributed by atoms with van der Waals surface area (Å²) in [5, 5.41) is 9.28. The molecule has 0 atom stereocenters. The molecule has 5 nitrogen and oxygen atoms in total. The lowest BCUT2D eigenvalue weighted by molar-refractivity contribution is 0.0939. The lowest BCUT2D eigenvalue weighted by Crippen LogP contribution is -2.28. The van der Waals surface area contributed by atoms with Gasteiger partial charge in [0.25, 0.3) is 5.91 Å². The number of rotatable bonds is 4. The Morgan fingerprint density at radius 3 is 2.93 bits per heavy atom. The molecule has 0 saturated heterocycles. The second-order valence-corrected chi connectivity index (χ2v) is 4.09. The van der Waals surface area contributed by atoms with E-state index < -0.39 is 0 Å². The first-order valence-corrected chi connectivity index (χ1v) is 5.43. The summed E-state index contributed by atoms with van der Waals surface area (Å²) in [5.74, 6) is 1.54. The van der Waals surface area contributed by atoms with Crippen LogP contribution in [-0.4, -0.2) is 27.6 Å². The maximum absolute atomic E-state index is 11.5. The van der Waals surface area contributed by atoms with Gasteiger partial charge in [0.05, 0.1) is 0 Å². The van der Waals surface area contributed by atoms with Gasteiger partial charge in [-0.15, -0.1) is 5.10 Å². The van der Waals surface area contributed by atoms with Crippen molar-refractivity contribution in [2.75, 3.05) is 6.54 Å². The second-order valence-electron chi connectivity index (χ2n) is 4.09. The number of hydrogen-bond donors (Lipinski definition) is 2. The van der Waals surface area contributed by atoms with Gasteiger partial charge in [-0.3, -0.25) is 9.89 Å². The van der Waals surface area contributed by atoms with Crippen LogP contribution in [0.5, 0.6) is 0 Å². The summed E-state index contributed by atoms with van der Waals surface area (Å²) in [6.45, 7) is 2.51. The van der Waals surface area contributed by atoms with Crippen LogP contribution in [0, 0.1) is 12.8 Å². The number of nitrogens with one attached hydrogen (secondary N) is 2. The van der Waals surface area contributed by atoms with E-state index in [1.54, 1.807) is 6.92 Å². The molecule has 1 heterocycles. The fourth-order valence-electron chi connectivity index (χ4n) is 1.69. The maximum atomic E-state index is 11.5. The molecule has 1 aliphatic rings. The van der Waals surface area contributed by atoms with Gasteiger partial charge in [0.1, 0.15) is 5.82 Å². The number of amides is 1. The molecule has 0 bridgehead atoms. The van der Waals surface area contributed by atoms with Crippen molar-refractivity contribution in [3.63, 3.8) is 0 Å². The molecule has 15 heavy (non-hydrogen) atoms. The Morgan fingerprint density at radius 1 is 1.60 bits per heavy atom. The highest BCUT2D eigenvalue weighted by Gasteiger charge is 2.17. The normalized spacial score (nSPS) is 16.1. The number of H-pyrrole nitrogens is 1. The lowest BCUT2D eigenvalue weighted by atomic mass is 9.83. The number of nitrogens with zero attached hydrogens (tertiary/aromatic N) is 2. The van der Waals surface area contributed by atoms with Crippen molar-refractivity contribution in [1.82, 2.24) is 20.5 Å². The third-order valence-corrected chi connectivity index (χ3v) is 2.86. The predicted octanol–water partition coefficient (Wildman–Crippen LogP) is 1.03. The van der Waals surface area contributed by atoms with E-state index in [4.69, 9.17) is 0 Å². The molecule has 0 radical (unpaired) electrons. The Morgan fingerprint density at radius 2 is 2.40 bits per heavy atom. The van der Waals surface area contributed by atoms with Gasteiger partial charge in [-0.05, 0) is 19.3 Å². The van der Waals surface area contributed by atoms with Gasteiger partial charge in [0, 0.05) is 6.54 Å². The van der Waals surface area contributed by atoms with Crippen molar-refractivity contribution in [3.05, 3.63) is 11.6 Å². The van der Waals surface area contributed by atoms with E-state index >= 15 is 0 Å². The number of carbonyl (C=O) groups excluding carboxylic acids is 1. The average molecular weight is 208 g/mol. The Hall–Kier alpha value is -1.39. The minimum atomic E-state index is -0.182. The van der Waals surface area contributed by atoms with E-state index in [0.717, 1.165) is 18.9 Å². The van der Waals surface area contributed by atoms with Crippen LogP contribution in [0.25, 0.3) is 0 Å². The van der Waals surface area contributed by atoms with Gasteiger partial charge >= 0.3 is 0 Å². The van der Waals surface area contributed by atoms with E-state index in [1.807, 2.05) is 0 Å². The summed E-state index contributed by atoms with van der Waals surface area (Å²) in [7, 11) is 0. The fraction of sp³-hybridized carbons (Fsp3) is 0.700. The summed E-state index contributed by atoms with van der Waals surface area (Å²) >= 11 is 0. The first kappa shape index (κ1) is 10.1. The molecule has 1 saturated carbocycles. The Bertz CT molecular complexity index is 343. The zero-order valence-electron chi connectivity index (χ0n) is 8.92. The Balaban J connectivity index is 1.72. The number of aromatic amines is 1. The first-order chi connectivity index (χ1) is 7.25. The van der Waals surface area contributed by atoms with Gasteiger partial charge in [0.2, 0.25) is 5.82 Å². The molecule has 1 amide bonds. The van der Waals surface area contributed by atoms with Crippen molar-refractivity contribution in [2.24, 2.45) is 5.92 Å². The second kappa shape index (κ2) is 4.42. The van der Waals surface area contributed by atoms with Crippen molar-refractivity contribution in [2.45, 2.75) is 32.6 Å². The molecule has 82 valence electrons. The summed E-state index contributed by atoms with van der Waals surface area (Å²) in [4.78, 5) is 15.5. The van der Waals surface area contributed by atoms with Crippen molar-refractivity contribution in [1.29, 1.82) is 0 Å². The highest BCUT2D eigenvalue weighted by molar-refractivity contribution is 5.90. The van der Waals surface area contributed by atoms with Crippen LogP contribution in [0.1, 0.15) is 42.1 Å². The molecule has 2 N–H and O–H groups in total. The molecule has 1 aromatic heterocycles. The van der Waals surface area contributed by atoms with Crippen LogP contribution < -0.4 is 5.32 Å². The van der Waals surface area contributed by atoms with Crippen LogP contribution in [0.15, 0.2) is 0 Å². The molecule has 1 aliphatic carbocycles. The molecule has 1 aromatic rings. The Kier molecular flexibility index (Phi) is 2.99. The molecule has 0 spiro atoms. The van der Waals surface area contributed by atoms with Gasteiger partial charge in [-0.1, -0.05) is 19.3 Å². The molecule has 0 unspecified atom stereocenters. The van der Waals surface area contributed by atoms with Gasteiger partial charge in [0.15, 0.2) is 0 Å². The standard InChI is InChI=1S/C10H16N4O/c1-7-12-9(14-13-7)10(15)11-6-5-8-3-2-4-8/h8H,2-6H2,1H3,(H,11,15)(H,12,13,14). The van der Waals surface area contributed by atoms with Crippen molar-refractivity contribution >= 4 is 5.91 Å². The highest BCUT2D eigenvalue weighted by atomic mass is 16.2. The molecule has 2 rings (SSSR count). The minimum absolute atomic E-state index is 0.182. The number of aromatic nitrogens is 3. The summed E-state index contributed by atoms with van der Waals surface area (Å²) in [6, 6.07) is 0. The smallest absolute Gasteiger partial charge is 0.290 e. The monoisotopic (exact) mass is 208 g/mol. The number of hydrogen-bond acceptors (Lipinski definition) is 3. The first-order valence-electron chi connectivity index (χ1n) is 5.43. The minimum Gasteiger partial charge on any atom is -0.349 e. The molecule has 5 heteroatoms. The molecule has 0 aromatic carbocycles. The quantitative estimate of drug-likeness (QED) is 0.776. The van der Waals surface area contributed by atoms with E-state index in [0.29, 0.717) is 5.82 Å². The van der Waals surface area contributed by atoms with Crippen LogP contribution in [0.4, 0.5) is 0 Å². The SMILES string of the molecule is Cc1nc(C(=O)NCCC2CCC2)n[nH]1. The van der Waals surface area contributed by atoms with Crippen molar-refractivity contribution < 1.29 is 4.79 Å². The zero-order chi connectivity index (χ0) is 10.7. The molecule has 1 fully saturated rings.